The second kappa shape index (κ2) is 7.72. The van der Waals surface area contributed by atoms with E-state index in [-0.39, 0.29) is 11.8 Å². The topological polar surface area (TPSA) is 55.4 Å². The molecule has 19 heavy (non-hydrogen) atoms. The van der Waals surface area contributed by atoms with Crippen LogP contribution in [0.15, 0.2) is 24.3 Å². The number of benzene rings is 1. The van der Waals surface area contributed by atoms with Crippen LogP contribution in [0.5, 0.6) is 5.75 Å². The minimum atomic E-state index is -3.28. The average Bonchev–Trinajstić information content (AvgIpc) is 2.37. The Morgan fingerprint density at radius 1 is 1.32 bits per heavy atom. The third-order valence-electron chi connectivity index (χ3n) is 2.59. The molecular weight excluding hydrogens is 286 g/mol. The average molecular weight is 306 g/mol. The van der Waals surface area contributed by atoms with Crippen molar-refractivity contribution in [1.82, 2.24) is 4.72 Å². The molecule has 108 valence electrons. The summed E-state index contributed by atoms with van der Waals surface area (Å²) in [6.45, 7) is 4.34. The Morgan fingerprint density at radius 3 is 2.47 bits per heavy atom. The molecule has 1 unspecified atom stereocenters. The van der Waals surface area contributed by atoms with Crippen LogP contribution in [0.1, 0.15) is 31.9 Å². The zero-order valence-corrected chi connectivity index (χ0v) is 12.8. The van der Waals surface area contributed by atoms with E-state index in [0.717, 1.165) is 11.3 Å². The Balaban J connectivity index is 2.64. The first-order valence-corrected chi connectivity index (χ1v) is 8.46. The number of hydrogen-bond donors (Lipinski definition) is 1. The molecule has 0 saturated heterocycles. The molecule has 0 aliphatic heterocycles. The summed E-state index contributed by atoms with van der Waals surface area (Å²) in [7, 11) is -3.28. The highest BCUT2D eigenvalue weighted by Gasteiger charge is 2.15. The van der Waals surface area contributed by atoms with E-state index >= 15 is 0 Å². The van der Waals surface area contributed by atoms with Crippen molar-refractivity contribution in [2.24, 2.45) is 0 Å². The molecule has 0 aromatic heterocycles. The van der Waals surface area contributed by atoms with Gasteiger partial charge < -0.3 is 4.74 Å². The molecule has 0 heterocycles. The summed E-state index contributed by atoms with van der Waals surface area (Å²) in [6.07, 6.45) is 0.451. The van der Waals surface area contributed by atoms with Gasteiger partial charge in [-0.2, -0.15) is 0 Å². The fourth-order valence-electron chi connectivity index (χ4n) is 1.66. The molecule has 0 saturated carbocycles. The number of alkyl halides is 1. The van der Waals surface area contributed by atoms with Gasteiger partial charge in [0.05, 0.1) is 12.4 Å². The normalized spacial score (nSPS) is 13.2. The maximum Gasteiger partial charge on any atom is 0.212 e. The molecular formula is C13H20ClNO3S. The van der Waals surface area contributed by atoms with Crippen molar-refractivity contribution in [2.45, 2.75) is 26.3 Å². The van der Waals surface area contributed by atoms with Crippen LogP contribution in [0.2, 0.25) is 0 Å². The largest absolute Gasteiger partial charge is 0.494 e. The van der Waals surface area contributed by atoms with Crippen molar-refractivity contribution in [3.05, 3.63) is 29.8 Å². The number of halogens is 1. The zero-order valence-electron chi connectivity index (χ0n) is 11.2. The van der Waals surface area contributed by atoms with Crippen molar-refractivity contribution in [3.63, 3.8) is 0 Å². The lowest BCUT2D eigenvalue weighted by Crippen LogP contribution is -2.29. The molecule has 6 heteroatoms. The third-order valence-corrected chi connectivity index (χ3v) is 4.40. The van der Waals surface area contributed by atoms with Crippen molar-refractivity contribution >= 4 is 21.6 Å². The summed E-state index contributed by atoms with van der Waals surface area (Å²) < 4.78 is 31.5. The molecule has 1 aromatic carbocycles. The second-order valence-corrected chi connectivity index (χ2v) is 6.45. The van der Waals surface area contributed by atoms with Gasteiger partial charge >= 0.3 is 0 Å². The Morgan fingerprint density at radius 2 is 1.95 bits per heavy atom. The molecule has 1 aromatic rings. The number of sulfonamides is 1. The van der Waals surface area contributed by atoms with E-state index in [0.29, 0.717) is 18.9 Å². The van der Waals surface area contributed by atoms with E-state index in [1.165, 1.54) is 0 Å². The van der Waals surface area contributed by atoms with Crippen LogP contribution in [0.3, 0.4) is 0 Å². The highest BCUT2D eigenvalue weighted by molar-refractivity contribution is 7.89. The molecule has 0 spiro atoms. The summed E-state index contributed by atoms with van der Waals surface area (Å²) >= 11 is 5.50. The summed E-state index contributed by atoms with van der Waals surface area (Å²) in [5, 5.41) is 0. The Labute approximate surface area is 120 Å². The number of rotatable bonds is 8. The Kier molecular flexibility index (Phi) is 6.62. The minimum absolute atomic E-state index is 0.0534. The van der Waals surface area contributed by atoms with Gasteiger partial charge in [0.15, 0.2) is 0 Å². The van der Waals surface area contributed by atoms with E-state index in [1.54, 1.807) is 0 Å². The maximum atomic E-state index is 11.7. The van der Waals surface area contributed by atoms with Crippen LogP contribution in [0.4, 0.5) is 0 Å². The summed E-state index contributed by atoms with van der Waals surface area (Å²) in [5.41, 5.74) is 0.901. The molecule has 0 fully saturated rings. The first-order valence-electron chi connectivity index (χ1n) is 6.27. The van der Waals surface area contributed by atoms with Gasteiger partial charge in [-0.05, 0) is 38.0 Å². The van der Waals surface area contributed by atoms with Gasteiger partial charge in [0.25, 0.3) is 0 Å². The molecule has 1 atom stereocenters. The van der Waals surface area contributed by atoms with Crippen molar-refractivity contribution in [3.8, 4) is 5.75 Å². The molecule has 0 bridgehead atoms. The van der Waals surface area contributed by atoms with Crippen molar-refractivity contribution in [2.75, 3.05) is 18.2 Å². The lowest BCUT2D eigenvalue weighted by molar-refractivity contribution is 0.340. The molecule has 0 radical (unpaired) electrons. The van der Waals surface area contributed by atoms with Crippen LogP contribution in [0, 0.1) is 0 Å². The van der Waals surface area contributed by atoms with Gasteiger partial charge in [-0.25, -0.2) is 13.1 Å². The number of ether oxygens (including phenoxy) is 1. The van der Waals surface area contributed by atoms with Crippen molar-refractivity contribution in [1.29, 1.82) is 0 Å². The first kappa shape index (κ1) is 16.3. The quantitative estimate of drug-likeness (QED) is 0.751. The van der Waals surface area contributed by atoms with E-state index in [1.807, 2.05) is 38.1 Å². The Bertz CT molecular complexity index is 473. The number of hydrogen-bond acceptors (Lipinski definition) is 3. The van der Waals surface area contributed by atoms with E-state index in [4.69, 9.17) is 16.3 Å². The molecule has 0 amide bonds. The predicted octanol–water partition coefficient (Wildman–Crippen LogP) is 2.69. The number of nitrogens with one attached hydrogen (secondary N) is 1. The standard InChI is InChI=1S/C13H20ClNO3S/c1-3-18-13-7-5-12(6-8-13)11(2)15-19(16,17)10-4-9-14/h5-8,11,15H,3-4,9-10H2,1-2H3. The van der Waals surface area contributed by atoms with Gasteiger partial charge in [-0.3, -0.25) is 0 Å². The van der Waals surface area contributed by atoms with Crippen LogP contribution in [-0.2, 0) is 10.0 Å². The van der Waals surface area contributed by atoms with Gasteiger partial charge in [0.1, 0.15) is 5.75 Å². The monoisotopic (exact) mass is 305 g/mol. The lowest BCUT2D eigenvalue weighted by atomic mass is 10.1. The van der Waals surface area contributed by atoms with Crippen LogP contribution < -0.4 is 9.46 Å². The summed E-state index contributed by atoms with van der Waals surface area (Å²) in [6, 6.07) is 7.13. The van der Waals surface area contributed by atoms with Crippen LogP contribution in [-0.4, -0.2) is 26.7 Å². The van der Waals surface area contributed by atoms with Crippen LogP contribution >= 0.6 is 11.6 Å². The fourth-order valence-corrected chi connectivity index (χ4v) is 3.27. The van der Waals surface area contributed by atoms with Gasteiger partial charge in [-0.15, -0.1) is 11.6 Å². The molecule has 4 nitrogen and oxygen atoms in total. The highest BCUT2D eigenvalue weighted by atomic mass is 35.5. The molecule has 0 aliphatic rings. The van der Waals surface area contributed by atoms with Gasteiger partial charge in [0, 0.05) is 11.9 Å². The van der Waals surface area contributed by atoms with Gasteiger partial charge in [0.2, 0.25) is 10.0 Å². The fraction of sp³-hybridized carbons (Fsp3) is 0.538. The first-order chi connectivity index (χ1) is 8.98. The summed E-state index contributed by atoms with van der Waals surface area (Å²) in [5.74, 6) is 1.18. The Hall–Kier alpha value is -0.780. The summed E-state index contributed by atoms with van der Waals surface area (Å²) in [4.78, 5) is 0. The van der Waals surface area contributed by atoms with E-state index in [2.05, 4.69) is 4.72 Å². The molecule has 1 rings (SSSR count). The molecule has 0 aliphatic carbocycles. The van der Waals surface area contributed by atoms with E-state index < -0.39 is 10.0 Å². The second-order valence-electron chi connectivity index (χ2n) is 4.20. The lowest BCUT2D eigenvalue weighted by Gasteiger charge is -2.15. The maximum absolute atomic E-state index is 11.7. The minimum Gasteiger partial charge on any atom is -0.494 e. The zero-order chi connectivity index (χ0) is 14.3. The van der Waals surface area contributed by atoms with Gasteiger partial charge in [-0.1, -0.05) is 12.1 Å². The SMILES string of the molecule is CCOc1ccc(C(C)NS(=O)(=O)CCCCl)cc1. The smallest absolute Gasteiger partial charge is 0.212 e. The van der Waals surface area contributed by atoms with Crippen molar-refractivity contribution < 1.29 is 13.2 Å². The predicted molar refractivity (Wildman–Crippen MR) is 78.3 cm³/mol. The highest BCUT2D eigenvalue weighted by Crippen LogP contribution is 2.18. The molecule has 1 N–H and O–H groups in total. The third kappa shape index (κ3) is 5.80. The van der Waals surface area contributed by atoms with Crippen LogP contribution in [0.25, 0.3) is 0 Å². The van der Waals surface area contributed by atoms with E-state index in [9.17, 15) is 8.42 Å².